The van der Waals surface area contributed by atoms with Gasteiger partial charge in [0.1, 0.15) is 11.6 Å². The van der Waals surface area contributed by atoms with Crippen LogP contribution in [0.3, 0.4) is 0 Å². The number of carbonyl (C=O) groups is 1. The molecule has 3 nitrogen and oxygen atoms in total. The summed E-state index contributed by atoms with van der Waals surface area (Å²) >= 11 is 1.50. The molecule has 0 saturated carbocycles. The van der Waals surface area contributed by atoms with Crippen molar-refractivity contribution in [3.8, 4) is 6.07 Å². The largest absolute Gasteiger partial charge is 0.351 e. The smallest absolute Gasteiger partial charge is 0.261 e. The second kappa shape index (κ2) is 5.99. The van der Waals surface area contributed by atoms with Gasteiger partial charge in [-0.05, 0) is 23.9 Å². The van der Waals surface area contributed by atoms with E-state index in [0.717, 1.165) is 11.3 Å². The summed E-state index contributed by atoms with van der Waals surface area (Å²) in [4.78, 5) is 12.4. The average Bonchev–Trinajstić information content (AvgIpc) is 2.75. The molecule has 0 unspecified atom stereocenters. The van der Waals surface area contributed by atoms with Crippen LogP contribution in [0.1, 0.15) is 18.2 Å². The molecule has 0 aliphatic heterocycles. The van der Waals surface area contributed by atoms with Gasteiger partial charge in [-0.2, -0.15) is 5.26 Å². The quantitative estimate of drug-likeness (QED) is 0.624. The van der Waals surface area contributed by atoms with E-state index in [1.807, 2.05) is 30.5 Å². The second-order valence-corrected chi connectivity index (χ2v) is 3.92. The molecule has 0 saturated heterocycles. The van der Waals surface area contributed by atoms with Crippen LogP contribution in [0.4, 0.5) is 0 Å². The highest BCUT2D eigenvalue weighted by molar-refractivity contribution is 7.10. The van der Waals surface area contributed by atoms with Crippen LogP contribution in [0.15, 0.2) is 23.1 Å². The first-order valence-corrected chi connectivity index (χ1v) is 5.59. The lowest BCUT2D eigenvalue weighted by atomic mass is 10.2. The van der Waals surface area contributed by atoms with E-state index in [4.69, 9.17) is 5.26 Å². The van der Waals surface area contributed by atoms with Crippen molar-refractivity contribution in [2.24, 2.45) is 0 Å². The van der Waals surface area contributed by atoms with E-state index >= 15 is 0 Å². The summed E-state index contributed by atoms with van der Waals surface area (Å²) in [5.41, 5.74) is 0.158. The number of nitriles is 1. The zero-order chi connectivity index (χ0) is 11.1. The molecule has 0 aliphatic rings. The minimum Gasteiger partial charge on any atom is -0.351 e. The lowest BCUT2D eigenvalue weighted by Gasteiger charge is -2.00. The molecule has 1 heterocycles. The molecule has 0 radical (unpaired) electrons. The summed E-state index contributed by atoms with van der Waals surface area (Å²) in [6.07, 6.45) is 2.47. The highest BCUT2D eigenvalue weighted by Crippen LogP contribution is 2.13. The van der Waals surface area contributed by atoms with Gasteiger partial charge in [-0.25, -0.2) is 0 Å². The molecular weight excluding hydrogens is 208 g/mol. The standard InChI is InChI=1S/C11H12N2OS/c1-2-5-13-11(14)9(8-12)7-10-4-3-6-15-10/h3-4,6-7H,2,5H2,1H3,(H,13,14)/b9-7-. The third-order valence-electron chi connectivity index (χ3n) is 1.73. The van der Waals surface area contributed by atoms with Gasteiger partial charge in [0.2, 0.25) is 0 Å². The molecule has 1 rings (SSSR count). The molecule has 0 aromatic carbocycles. The number of nitrogens with one attached hydrogen (secondary N) is 1. The highest BCUT2D eigenvalue weighted by atomic mass is 32.1. The fourth-order valence-electron chi connectivity index (χ4n) is 0.998. The fourth-order valence-corrected chi connectivity index (χ4v) is 1.66. The molecule has 1 N–H and O–H groups in total. The Morgan fingerprint density at radius 1 is 1.73 bits per heavy atom. The van der Waals surface area contributed by atoms with E-state index < -0.39 is 0 Å². The summed E-state index contributed by atoms with van der Waals surface area (Å²) in [5.74, 6) is -0.298. The maximum Gasteiger partial charge on any atom is 0.261 e. The third-order valence-corrected chi connectivity index (χ3v) is 2.55. The van der Waals surface area contributed by atoms with Crippen molar-refractivity contribution in [3.63, 3.8) is 0 Å². The van der Waals surface area contributed by atoms with E-state index in [1.54, 1.807) is 6.08 Å². The number of thiophene rings is 1. The van der Waals surface area contributed by atoms with E-state index in [-0.39, 0.29) is 11.5 Å². The number of hydrogen-bond acceptors (Lipinski definition) is 3. The van der Waals surface area contributed by atoms with E-state index in [9.17, 15) is 4.79 Å². The van der Waals surface area contributed by atoms with Gasteiger partial charge >= 0.3 is 0 Å². The van der Waals surface area contributed by atoms with Gasteiger partial charge in [-0.3, -0.25) is 4.79 Å². The molecular formula is C11H12N2OS. The molecule has 1 aromatic rings. The number of rotatable bonds is 4. The molecule has 0 fully saturated rings. The number of hydrogen-bond donors (Lipinski definition) is 1. The lowest BCUT2D eigenvalue weighted by molar-refractivity contribution is -0.117. The van der Waals surface area contributed by atoms with Gasteiger partial charge in [0, 0.05) is 11.4 Å². The minimum absolute atomic E-state index is 0.158. The fraction of sp³-hybridized carbons (Fsp3) is 0.273. The Hall–Kier alpha value is -1.60. The normalized spacial score (nSPS) is 10.8. The second-order valence-electron chi connectivity index (χ2n) is 2.94. The molecule has 0 atom stereocenters. The number of amides is 1. The van der Waals surface area contributed by atoms with Gasteiger partial charge in [0.25, 0.3) is 5.91 Å². The predicted molar refractivity (Wildman–Crippen MR) is 61.2 cm³/mol. The Morgan fingerprint density at radius 2 is 2.53 bits per heavy atom. The monoisotopic (exact) mass is 220 g/mol. The van der Waals surface area contributed by atoms with Crippen LogP contribution >= 0.6 is 11.3 Å². The Labute approximate surface area is 93.0 Å². The van der Waals surface area contributed by atoms with Crippen LogP contribution in [0, 0.1) is 11.3 Å². The number of carbonyl (C=O) groups excluding carboxylic acids is 1. The van der Waals surface area contributed by atoms with Crippen LogP contribution in [0.5, 0.6) is 0 Å². The van der Waals surface area contributed by atoms with Gasteiger partial charge in [0.05, 0.1) is 0 Å². The molecule has 1 amide bonds. The Morgan fingerprint density at radius 3 is 3.07 bits per heavy atom. The van der Waals surface area contributed by atoms with Crippen molar-refractivity contribution in [1.29, 1.82) is 5.26 Å². The van der Waals surface area contributed by atoms with Gasteiger partial charge in [0.15, 0.2) is 0 Å². The van der Waals surface area contributed by atoms with E-state index in [2.05, 4.69) is 5.32 Å². The summed E-state index contributed by atoms with van der Waals surface area (Å²) < 4.78 is 0. The van der Waals surface area contributed by atoms with Crippen molar-refractivity contribution in [3.05, 3.63) is 28.0 Å². The van der Waals surface area contributed by atoms with Gasteiger partial charge in [-0.15, -0.1) is 11.3 Å². The minimum atomic E-state index is -0.298. The summed E-state index contributed by atoms with van der Waals surface area (Å²) in [5, 5.41) is 13.4. The van der Waals surface area contributed by atoms with Crippen molar-refractivity contribution >= 4 is 23.3 Å². The third kappa shape index (κ3) is 3.56. The van der Waals surface area contributed by atoms with Gasteiger partial charge < -0.3 is 5.32 Å². The zero-order valence-corrected chi connectivity index (χ0v) is 9.30. The van der Waals surface area contributed by atoms with Crippen molar-refractivity contribution in [1.82, 2.24) is 5.32 Å². The van der Waals surface area contributed by atoms with E-state index in [0.29, 0.717) is 6.54 Å². The van der Waals surface area contributed by atoms with Crippen LogP contribution in [-0.2, 0) is 4.79 Å². The molecule has 78 valence electrons. The van der Waals surface area contributed by atoms with Crippen molar-refractivity contribution in [2.45, 2.75) is 13.3 Å². The maximum absolute atomic E-state index is 11.5. The van der Waals surface area contributed by atoms with Crippen LogP contribution < -0.4 is 5.32 Å². The molecule has 4 heteroatoms. The Balaban J connectivity index is 2.72. The van der Waals surface area contributed by atoms with Crippen LogP contribution in [0.25, 0.3) is 6.08 Å². The Kier molecular flexibility index (Phi) is 4.58. The van der Waals surface area contributed by atoms with Gasteiger partial charge in [-0.1, -0.05) is 13.0 Å². The Bertz CT molecular complexity index is 387. The predicted octanol–water partition coefficient (Wildman–Crippen LogP) is 2.18. The summed E-state index contributed by atoms with van der Waals surface area (Å²) in [6, 6.07) is 5.66. The first kappa shape index (κ1) is 11.5. The first-order valence-electron chi connectivity index (χ1n) is 4.71. The topological polar surface area (TPSA) is 52.9 Å². The SMILES string of the molecule is CCCNC(=O)/C(C#N)=C\c1cccs1. The zero-order valence-electron chi connectivity index (χ0n) is 8.49. The maximum atomic E-state index is 11.5. The van der Waals surface area contributed by atoms with Crippen molar-refractivity contribution < 1.29 is 4.79 Å². The molecule has 15 heavy (non-hydrogen) atoms. The molecule has 1 aromatic heterocycles. The average molecular weight is 220 g/mol. The van der Waals surface area contributed by atoms with Crippen molar-refractivity contribution in [2.75, 3.05) is 6.54 Å². The summed E-state index contributed by atoms with van der Waals surface area (Å²) in [7, 11) is 0. The van der Waals surface area contributed by atoms with Crippen LogP contribution in [-0.4, -0.2) is 12.5 Å². The first-order chi connectivity index (χ1) is 7.27. The summed E-state index contributed by atoms with van der Waals surface area (Å²) in [6.45, 7) is 2.57. The van der Waals surface area contributed by atoms with E-state index in [1.165, 1.54) is 11.3 Å². The van der Waals surface area contributed by atoms with Crippen LogP contribution in [0.2, 0.25) is 0 Å². The molecule has 0 bridgehead atoms. The number of nitrogens with zero attached hydrogens (tertiary/aromatic N) is 1. The molecule has 0 spiro atoms. The molecule has 0 aliphatic carbocycles. The lowest BCUT2D eigenvalue weighted by Crippen LogP contribution is -2.24. The highest BCUT2D eigenvalue weighted by Gasteiger charge is 2.07.